The normalized spacial score (nSPS) is 22.9. The van der Waals surface area contributed by atoms with Gasteiger partial charge in [0.2, 0.25) is 17.6 Å². The summed E-state index contributed by atoms with van der Waals surface area (Å²) in [6, 6.07) is 9.86. The number of piperidine rings is 2. The third-order valence-electron chi connectivity index (χ3n) is 5.93. The van der Waals surface area contributed by atoms with Crippen molar-refractivity contribution in [1.29, 1.82) is 0 Å². The zero-order chi connectivity index (χ0) is 19.6. The molecule has 0 saturated carbocycles. The second-order valence-electron chi connectivity index (χ2n) is 8.98. The highest BCUT2D eigenvalue weighted by molar-refractivity contribution is 5.79. The molecule has 0 N–H and O–H groups in total. The van der Waals surface area contributed by atoms with Crippen LogP contribution in [-0.2, 0) is 11.3 Å². The van der Waals surface area contributed by atoms with Crippen molar-refractivity contribution < 1.29 is 9.32 Å². The number of likely N-dealkylation sites (tertiary alicyclic amines) is 2. The van der Waals surface area contributed by atoms with Crippen molar-refractivity contribution in [2.24, 2.45) is 11.3 Å². The van der Waals surface area contributed by atoms with Crippen molar-refractivity contribution in [1.82, 2.24) is 19.9 Å². The molecular weight excluding hydrogens is 352 g/mol. The van der Waals surface area contributed by atoms with E-state index in [1.165, 1.54) is 6.42 Å². The molecule has 2 aromatic rings. The van der Waals surface area contributed by atoms with Gasteiger partial charge in [-0.25, -0.2) is 0 Å². The number of amides is 1. The van der Waals surface area contributed by atoms with Gasteiger partial charge < -0.3 is 9.42 Å². The Morgan fingerprint density at radius 3 is 2.82 bits per heavy atom. The molecular formula is C22H30N4O2. The van der Waals surface area contributed by atoms with Crippen LogP contribution in [0, 0.1) is 11.3 Å². The summed E-state index contributed by atoms with van der Waals surface area (Å²) in [7, 11) is 0. The third kappa shape index (κ3) is 4.43. The van der Waals surface area contributed by atoms with E-state index in [-0.39, 0.29) is 11.3 Å². The number of nitrogens with zero attached hydrogens (tertiary/aromatic N) is 4. The van der Waals surface area contributed by atoms with Crippen molar-refractivity contribution in [3.8, 4) is 11.4 Å². The molecule has 0 bridgehead atoms. The van der Waals surface area contributed by atoms with Gasteiger partial charge in [-0.1, -0.05) is 49.3 Å². The molecule has 1 atom stereocenters. The maximum absolute atomic E-state index is 13.1. The molecule has 1 aromatic heterocycles. The molecule has 6 nitrogen and oxygen atoms in total. The summed E-state index contributed by atoms with van der Waals surface area (Å²) in [6.07, 6.45) is 4.33. The van der Waals surface area contributed by atoms with E-state index in [0.717, 1.165) is 51.0 Å². The number of hydrogen-bond acceptors (Lipinski definition) is 5. The Morgan fingerprint density at radius 1 is 1.21 bits per heavy atom. The highest BCUT2D eigenvalue weighted by Crippen LogP contribution is 2.30. The van der Waals surface area contributed by atoms with Crippen LogP contribution in [0.15, 0.2) is 34.9 Å². The van der Waals surface area contributed by atoms with Gasteiger partial charge in [0.05, 0.1) is 12.5 Å². The van der Waals surface area contributed by atoms with Crippen LogP contribution >= 0.6 is 0 Å². The van der Waals surface area contributed by atoms with Gasteiger partial charge in [0, 0.05) is 25.2 Å². The first-order valence-corrected chi connectivity index (χ1v) is 10.4. The first kappa shape index (κ1) is 19.1. The van der Waals surface area contributed by atoms with E-state index >= 15 is 0 Å². The van der Waals surface area contributed by atoms with Crippen molar-refractivity contribution >= 4 is 5.91 Å². The Labute approximate surface area is 166 Å². The fraction of sp³-hybridized carbons (Fsp3) is 0.591. The smallest absolute Gasteiger partial charge is 0.241 e. The van der Waals surface area contributed by atoms with E-state index < -0.39 is 0 Å². The van der Waals surface area contributed by atoms with Crippen molar-refractivity contribution in [3.63, 3.8) is 0 Å². The van der Waals surface area contributed by atoms with Crippen molar-refractivity contribution in [2.45, 2.75) is 46.1 Å². The van der Waals surface area contributed by atoms with E-state index in [1.54, 1.807) is 0 Å². The maximum atomic E-state index is 13.1. The Kier molecular flexibility index (Phi) is 5.49. The number of aromatic nitrogens is 2. The molecule has 3 heterocycles. The van der Waals surface area contributed by atoms with Crippen molar-refractivity contribution in [3.05, 3.63) is 36.2 Å². The molecule has 2 aliphatic rings. The average molecular weight is 383 g/mol. The number of carbonyl (C=O) groups is 1. The quantitative estimate of drug-likeness (QED) is 0.808. The van der Waals surface area contributed by atoms with E-state index in [0.29, 0.717) is 24.2 Å². The van der Waals surface area contributed by atoms with Crippen LogP contribution in [0.1, 0.15) is 45.4 Å². The summed E-state index contributed by atoms with van der Waals surface area (Å²) < 4.78 is 5.46. The lowest BCUT2D eigenvalue weighted by atomic mass is 9.83. The molecule has 2 fully saturated rings. The highest BCUT2D eigenvalue weighted by atomic mass is 16.5. The summed E-state index contributed by atoms with van der Waals surface area (Å²) >= 11 is 0. The largest absolute Gasteiger partial charge is 0.342 e. The zero-order valence-corrected chi connectivity index (χ0v) is 16.9. The Balaban J connectivity index is 1.36. The van der Waals surface area contributed by atoms with Gasteiger partial charge in [0.1, 0.15) is 0 Å². The van der Waals surface area contributed by atoms with Crippen LogP contribution in [0.25, 0.3) is 11.4 Å². The van der Waals surface area contributed by atoms with Gasteiger partial charge in [-0.2, -0.15) is 4.98 Å². The average Bonchev–Trinajstić information content (AvgIpc) is 3.16. The molecule has 2 aliphatic heterocycles. The van der Waals surface area contributed by atoms with Gasteiger partial charge in [-0.15, -0.1) is 0 Å². The lowest BCUT2D eigenvalue weighted by molar-refractivity contribution is -0.140. The molecule has 4 rings (SSSR count). The van der Waals surface area contributed by atoms with Crippen LogP contribution in [0.3, 0.4) is 0 Å². The minimum atomic E-state index is 0.0826. The molecule has 0 spiro atoms. The van der Waals surface area contributed by atoms with Gasteiger partial charge in [0.15, 0.2) is 0 Å². The molecule has 1 aromatic carbocycles. The minimum absolute atomic E-state index is 0.0826. The van der Waals surface area contributed by atoms with E-state index in [4.69, 9.17) is 4.52 Å². The van der Waals surface area contributed by atoms with Gasteiger partial charge in [-0.3, -0.25) is 9.69 Å². The maximum Gasteiger partial charge on any atom is 0.241 e. The lowest BCUT2D eigenvalue weighted by Crippen LogP contribution is -2.49. The number of benzene rings is 1. The summed E-state index contributed by atoms with van der Waals surface area (Å²) in [6.45, 7) is 8.67. The predicted molar refractivity (Wildman–Crippen MR) is 107 cm³/mol. The van der Waals surface area contributed by atoms with E-state index in [2.05, 4.69) is 33.8 Å². The molecule has 0 radical (unpaired) electrons. The monoisotopic (exact) mass is 382 g/mol. The van der Waals surface area contributed by atoms with Gasteiger partial charge in [-0.05, 0) is 37.6 Å². The molecule has 6 heteroatoms. The minimum Gasteiger partial charge on any atom is -0.342 e. The topological polar surface area (TPSA) is 62.5 Å². The summed E-state index contributed by atoms with van der Waals surface area (Å²) in [4.78, 5) is 22.0. The summed E-state index contributed by atoms with van der Waals surface area (Å²) in [5.41, 5.74) is 1.19. The fourth-order valence-electron chi connectivity index (χ4n) is 4.49. The van der Waals surface area contributed by atoms with Crippen LogP contribution in [0.2, 0.25) is 0 Å². The van der Waals surface area contributed by atoms with E-state index in [9.17, 15) is 4.79 Å². The molecule has 2 saturated heterocycles. The van der Waals surface area contributed by atoms with Gasteiger partial charge in [0.25, 0.3) is 0 Å². The first-order chi connectivity index (χ1) is 13.5. The number of carbonyl (C=O) groups excluding carboxylic acids is 1. The molecule has 150 valence electrons. The SMILES string of the molecule is CC1(C)CCCN(C(=O)C2CCCN(Cc3nc(-c4ccccc4)no3)C2)C1. The fourth-order valence-corrected chi connectivity index (χ4v) is 4.49. The Bertz CT molecular complexity index is 802. The molecule has 0 aliphatic carbocycles. The second-order valence-corrected chi connectivity index (χ2v) is 8.98. The first-order valence-electron chi connectivity index (χ1n) is 10.4. The third-order valence-corrected chi connectivity index (χ3v) is 5.93. The Hall–Kier alpha value is -2.21. The van der Waals surface area contributed by atoms with Gasteiger partial charge >= 0.3 is 0 Å². The number of rotatable bonds is 4. The lowest BCUT2D eigenvalue weighted by Gasteiger charge is -2.41. The zero-order valence-electron chi connectivity index (χ0n) is 16.9. The Morgan fingerprint density at radius 2 is 2.04 bits per heavy atom. The summed E-state index contributed by atoms with van der Waals surface area (Å²) in [5.74, 6) is 1.65. The molecule has 1 amide bonds. The standard InChI is InChI=1S/C22H30N4O2/c1-22(2)11-7-13-26(16-22)21(27)18-10-6-12-25(14-18)15-19-23-20(24-28-19)17-8-4-3-5-9-17/h3-5,8-9,18H,6-7,10-16H2,1-2H3. The van der Waals surface area contributed by atoms with Crippen molar-refractivity contribution in [2.75, 3.05) is 26.2 Å². The summed E-state index contributed by atoms with van der Waals surface area (Å²) in [5, 5.41) is 4.11. The molecule has 1 unspecified atom stereocenters. The highest BCUT2D eigenvalue weighted by Gasteiger charge is 2.34. The number of hydrogen-bond donors (Lipinski definition) is 0. The van der Waals surface area contributed by atoms with Crippen LogP contribution in [-0.4, -0.2) is 52.0 Å². The second kappa shape index (κ2) is 8.03. The molecule has 28 heavy (non-hydrogen) atoms. The van der Waals surface area contributed by atoms with Crippen LogP contribution in [0.4, 0.5) is 0 Å². The van der Waals surface area contributed by atoms with Crippen LogP contribution in [0.5, 0.6) is 0 Å². The van der Waals surface area contributed by atoms with Crippen LogP contribution < -0.4 is 0 Å². The van der Waals surface area contributed by atoms with E-state index in [1.807, 2.05) is 30.3 Å². The predicted octanol–water partition coefficient (Wildman–Crippen LogP) is 3.60.